The molecule has 0 aliphatic carbocycles. The highest BCUT2D eigenvalue weighted by molar-refractivity contribution is 7.93. The summed E-state index contributed by atoms with van der Waals surface area (Å²) in [5.74, 6) is -0.590. The molecule has 9 rings (SSSR count). The third kappa shape index (κ3) is 4.61. The molecule has 0 bridgehead atoms. The fraction of sp³-hybridized carbons (Fsp3) is 0. The van der Waals surface area contributed by atoms with Gasteiger partial charge in [0.1, 0.15) is 22.2 Å². The number of hydrogen-bond donors (Lipinski definition) is 4. The van der Waals surface area contributed by atoms with Crippen molar-refractivity contribution in [3.05, 3.63) is 115 Å². The molecular weight excluding hydrogens is 673 g/mol. The number of aromatic amines is 1. The molecule has 1 amide bonds. The number of hydrogen-bond acceptors (Lipinski definition) is 9. The third-order valence-electron chi connectivity index (χ3n) is 8.67. The number of rotatable bonds is 6. The van der Waals surface area contributed by atoms with E-state index in [9.17, 15) is 23.4 Å². The minimum atomic E-state index is -4.33. The molecule has 0 fully saturated rings. The molecule has 0 saturated carbocycles. The topological polar surface area (TPSA) is 194 Å². The van der Waals surface area contributed by atoms with Gasteiger partial charge in [0.05, 0.1) is 21.8 Å². The average Bonchev–Trinajstić information content (AvgIpc) is 3.88. The second-order valence-electron chi connectivity index (χ2n) is 11.7. The number of para-hydroxylation sites is 4. The molecule has 0 atom stereocenters. The maximum atomic E-state index is 14.6. The summed E-state index contributed by atoms with van der Waals surface area (Å²) in [5.41, 5.74) is 9.07. The fourth-order valence-corrected chi connectivity index (χ4v) is 7.91. The normalized spacial score (nSPS) is 12.0. The van der Waals surface area contributed by atoms with Crippen LogP contribution < -0.4 is 10.0 Å². The number of H-pyrrole nitrogens is 1. The van der Waals surface area contributed by atoms with Crippen LogP contribution in [0.5, 0.6) is 11.8 Å². The Bertz CT molecular complexity index is 2890. The van der Waals surface area contributed by atoms with E-state index in [1.807, 2.05) is 6.07 Å². The quantitative estimate of drug-likeness (QED) is 0.135. The van der Waals surface area contributed by atoms with E-state index in [0.29, 0.717) is 33.1 Å². The summed E-state index contributed by atoms with van der Waals surface area (Å²) in [7, 11) is -4.33. The first-order valence-electron chi connectivity index (χ1n) is 15.5. The second-order valence-corrected chi connectivity index (χ2v) is 13.5. The fourth-order valence-electron chi connectivity index (χ4n) is 6.42. The summed E-state index contributed by atoms with van der Waals surface area (Å²) in [6, 6.07) is 30.4. The van der Waals surface area contributed by atoms with Crippen molar-refractivity contribution in [2.75, 3.05) is 4.31 Å². The van der Waals surface area contributed by atoms with Crippen molar-refractivity contribution in [1.29, 1.82) is 0 Å². The molecule has 4 heterocycles. The van der Waals surface area contributed by atoms with Gasteiger partial charge in [-0.1, -0.05) is 42.5 Å². The van der Waals surface area contributed by atoms with Crippen molar-refractivity contribution in [3.8, 4) is 34.7 Å². The second kappa shape index (κ2) is 11.0. The van der Waals surface area contributed by atoms with E-state index in [1.165, 1.54) is 30.3 Å². The first kappa shape index (κ1) is 30.0. The van der Waals surface area contributed by atoms with Gasteiger partial charge in [0.2, 0.25) is 23.5 Å². The molecule has 0 saturated heterocycles. The largest absolute Gasteiger partial charge is 0.494 e. The number of nitrogens with one attached hydrogen (secondary N) is 1. The van der Waals surface area contributed by atoms with E-state index in [0.717, 1.165) is 8.87 Å². The summed E-state index contributed by atoms with van der Waals surface area (Å²) < 4.78 is 43.2. The number of nitrogens with zero attached hydrogens (tertiary/aromatic N) is 4. The zero-order chi connectivity index (χ0) is 35.0. The van der Waals surface area contributed by atoms with Gasteiger partial charge in [0.15, 0.2) is 11.2 Å². The van der Waals surface area contributed by atoms with E-state index >= 15 is 0 Å². The molecule has 0 aliphatic rings. The van der Waals surface area contributed by atoms with Gasteiger partial charge in [-0.15, -0.1) is 0 Å². The van der Waals surface area contributed by atoms with Gasteiger partial charge in [0, 0.05) is 16.3 Å². The highest BCUT2D eigenvalue weighted by Gasteiger charge is 2.31. The van der Waals surface area contributed by atoms with Crippen LogP contribution >= 0.6 is 0 Å². The molecule has 13 nitrogen and oxygen atoms in total. The first-order chi connectivity index (χ1) is 24.7. The van der Waals surface area contributed by atoms with Crippen molar-refractivity contribution in [1.82, 2.24) is 19.5 Å². The van der Waals surface area contributed by atoms with Crippen LogP contribution in [0.15, 0.2) is 129 Å². The van der Waals surface area contributed by atoms with Gasteiger partial charge < -0.3 is 29.8 Å². The van der Waals surface area contributed by atoms with Crippen LogP contribution in [0.1, 0.15) is 0 Å². The minimum absolute atomic E-state index is 0.000473. The molecule has 0 aliphatic heterocycles. The van der Waals surface area contributed by atoms with Crippen LogP contribution in [-0.4, -0.2) is 44.2 Å². The lowest BCUT2D eigenvalue weighted by Crippen LogP contribution is -2.26. The Morgan fingerprint density at radius 3 is 1.92 bits per heavy atom. The maximum absolute atomic E-state index is 14.6. The van der Waals surface area contributed by atoms with E-state index in [1.54, 1.807) is 78.9 Å². The van der Waals surface area contributed by atoms with Crippen LogP contribution in [-0.2, 0) is 10.0 Å². The van der Waals surface area contributed by atoms with Crippen molar-refractivity contribution in [2.45, 2.75) is 4.90 Å². The number of amides is 1. The van der Waals surface area contributed by atoms with Gasteiger partial charge in [-0.05, 0) is 72.8 Å². The Hall–Kier alpha value is -7.06. The molecule has 0 unspecified atom stereocenters. The molecular formula is C37H24N6O7S. The SMILES string of the molecule is NC(=O)n1c(O)c(-c2nc3ccccc3o2)c2cc(N(c3ccc4[nH]c(O)c(-c5nc6ccccc6o5)c4c3)S(=O)(=O)c3ccccc3)ccc21. The number of aromatic nitrogens is 4. The van der Waals surface area contributed by atoms with Crippen molar-refractivity contribution in [3.63, 3.8) is 0 Å². The summed E-state index contributed by atoms with van der Waals surface area (Å²) >= 11 is 0. The summed E-state index contributed by atoms with van der Waals surface area (Å²) in [6.07, 6.45) is 0. The molecule has 14 heteroatoms. The Kier molecular flexibility index (Phi) is 6.47. The Balaban J connectivity index is 1.29. The predicted octanol–water partition coefficient (Wildman–Crippen LogP) is 7.60. The first-order valence-corrected chi connectivity index (χ1v) is 17.0. The monoisotopic (exact) mass is 696 g/mol. The molecule has 5 aromatic carbocycles. The van der Waals surface area contributed by atoms with Crippen molar-refractivity contribution < 1.29 is 32.3 Å². The van der Waals surface area contributed by atoms with Crippen LogP contribution in [0.4, 0.5) is 16.2 Å². The van der Waals surface area contributed by atoms with Crippen molar-refractivity contribution in [2.24, 2.45) is 5.73 Å². The molecule has 5 N–H and O–H groups in total. The lowest BCUT2D eigenvalue weighted by molar-refractivity contribution is 0.248. The number of aromatic hydroxyl groups is 2. The average molecular weight is 697 g/mol. The molecule has 0 spiro atoms. The standard InChI is InChI=1S/C37H24N6O7S/c38-37(46)42-28-17-15-21(19-24(28)32(36(42)45)35-41-27-11-5-7-13-30(27)50-35)43(51(47,48)22-8-2-1-3-9-22)20-14-16-25-23(18-20)31(33(44)39-25)34-40-26-10-4-6-12-29(26)49-34/h1-19,39,44-45H,(H2,38,46). The van der Waals surface area contributed by atoms with E-state index in [2.05, 4.69) is 15.0 Å². The predicted molar refractivity (Wildman–Crippen MR) is 190 cm³/mol. The summed E-state index contributed by atoms with van der Waals surface area (Å²) in [6.45, 7) is 0. The van der Waals surface area contributed by atoms with Gasteiger partial charge >= 0.3 is 6.03 Å². The van der Waals surface area contributed by atoms with Crippen LogP contribution in [0.25, 0.3) is 66.9 Å². The highest BCUT2D eigenvalue weighted by atomic mass is 32.2. The molecule has 9 aromatic rings. The summed E-state index contributed by atoms with van der Waals surface area (Å²) in [4.78, 5) is 24.6. The molecule has 51 heavy (non-hydrogen) atoms. The van der Waals surface area contributed by atoms with Crippen LogP contribution in [0.2, 0.25) is 0 Å². The number of anilines is 2. The van der Waals surface area contributed by atoms with Gasteiger partial charge in [-0.25, -0.2) is 32.1 Å². The zero-order valence-electron chi connectivity index (χ0n) is 26.2. The van der Waals surface area contributed by atoms with Crippen LogP contribution in [0.3, 0.4) is 0 Å². The summed E-state index contributed by atoms with van der Waals surface area (Å²) in [5, 5.41) is 23.0. The minimum Gasteiger partial charge on any atom is -0.494 e. The lowest BCUT2D eigenvalue weighted by Gasteiger charge is -2.25. The number of fused-ring (bicyclic) bond motifs is 4. The van der Waals surface area contributed by atoms with E-state index in [-0.39, 0.29) is 56.0 Å². The number of benzene rings is 5. The van der Waals surface area contributed by atoms with Crippen molar-refractivity contribution >= 4 is 71.4 Å². The third-order valence-corrected chi connectivity index (χ3v) is 10.4. The molecule has 0 radical (unpaired) electrons. The number of primary amides is 1. The Labute approximate surface area is 287 Å². The molecule has 250 valence electrons. The number of carbonyl (C=O) groups is 1. The lowest BCUT2D eigenvalue weighted by atomic mass is 10.1. The number of oxazole rings is 2. The van der Waals surface area contributed by atoms with Gasteiger partial charge in [-0.2, -0.15) is 0 Å². The Morgan fingerprint density at radius 1 is 0.725 bits per heavy atom. The maximum Gasteiger partial charge on any atom is 0.326 e. The Morgan fingerprint density at radius 2 is 1.29 bits per heavy atom. The smallest absolute Gasteiger partial charge is 0.326 e. The number of carbonyl (C=O) groups excluding carboxylic acids is 1. The van der Waals surface area contributed by atoms with Gasteiger partial charge in [0.25, 0.3) is 10.0 Å². The highest BCUT2D eigenvalue weighted by Crippen LogP contribution is 2.45. The number of sulfonamides is 1. The van der Waals surface area contributed by atoms with E-state index in [4.69, 9.17) is 14.6 Å². The molecule has 4 aromatic heterocycles. The number of nitrogens with two attached hydrogens (primary N) is 1. The van der Waals surface area contributed by atoms with E-state index < -0.39 is 21.9 Å². The zero-order valence-corrected chi connectivity index (χ0v) is 27.0. The van der Waals surface area contributed by atoms with Gasteiger partial charge in [-0.3, -0.25) is 0 Å². The van der Waals surface area contributed by atoms with Crippen LogP contribution in [0, 0.1) is 0 Å².